The van der Waals surface area contributed by atoms with Crippen molar-refractivity contribution in [2.24, 2.45) is 0 Å². The first-order chi connectivity index (χ1) is 8.22. The number of hydrogen-bond donors (Lipinski definition) is 1. The predicted octanol–water partition coefficient (Wildman–Crippen LogP) is 3.56. The molecule has 2 rings (SSSR count). The molecule has 0 aliphatic rings. The molecule has 0 saturated carbocycles. The van der Waals surface area contributed by atoms with Gasteiger partial charge in [0, 0.05) is 34.0 Å². The van der Waals surface area contributed by atoms with Crippen LogP contribution in [0.1, 0.15) is 11.3 Å². The van der Waals surface area contributed by atoms with Gasteiger partial charge in [0.2, 0.25) is 0 Å². The Balaban J connectivity index is 2.28. The second kappa shape index (κ2) is 5.58. The number of nitrogens with one attached hydrogen (secondary N) is 1. The summed E-state index contributed by atoms with van der Waals surface area (Å²) in [7, 11) is 1.93. The topological polar surface area (TPSA) is 17.0 Å². The molecule has 0 spiro atoms. The summed E-state index contributed by atoms with van der Waals surface area (Å²) in [5.41, 5.74) is 2.17. The van der Waals surface area contributed by atoms with Crippen LogP contribution >= 0.6 is 23.2 Å². The van der Waals surface area contributed by atoms with Crippen LogP contribution < -0.4 is 5.32 Å². The van der Waals surface area contributed by atoms with Gasteiger partial charge < -0.3 is 9.88 Å². The summed E-state index contributed by atoms with van der Waals surface area (Å²) in [6, 6.07) is 9.70. The lowest BCUT2D eigenvalue weighted by molar-refractivity contribution is 0.694. The minimum absolute atomic E-state index is 0.697. The van der Waals surface area contributed by atoms with Gasteiger partial charge >= 0.3 is 0 Å². The standard InChI is InChI=1S/C13H14Cl2N2/c1-16-8-10-4-3-7-17(10)9-11-12(14)5-2-6-13(11)15/h2-7,16H,8-9H2,1H3. The first-order valence-electron chi connectivity index (χ1n) is 5.44. The molecule has 0 bridgehead atoms. The molecule has 2 nitrogen and oxygen atoms in total. The Labute approximate surface area is 111 Å². The average Bonchev–Trinajstić information content (AvgIpc) is 2.72. The molecular formula is C13H14Cl2N2. The molecule has 0 saturated heterocycles. The van der Waals surface area contributed by atoms with Crippen molar-refractivity contribution in [3.05, 3.63) is 57.8 Å². The highest BCUT2D eigenvalue weighted by molar-refractivity contribution is 6.35. The van der Waals surface area contributed by atoms with Crippen molar-refractivity contribution in [3.63, 3.8) is 0 Å². The van der Waals surface area contributed by atoms with Crippen LogP contribution in [0.3, 0.4) is 0 Å². The molecule has 90 valence electrons. The van der Waals surface area contributed by atoms with E-state index in [9.17, 15) is 0 Å². The van der Waals surface area contributed by atoms with Gasteiger partial charge in [-0.2, -0.15) is 0 Å². The Morgan fingerprint density at radius 1 is 1.12 bits per heavy atom. The van der Waals surface area contributed by atoms with E-state index in [1.165, 1.54) is 5.69 Å². The Morgan fingerprint density at radius 3 is 2.47 bits per heavy atom. The summed E-state index contributed by atoms with van der Waals surface area (Å²) in [6.45, 7) is 1.53. The predicted molar refractivity (Wildman–Crippen MR) is 72.8 cm³/mol. The molecule has 0 aliphatic heterocycles. The summed E-state index contributed by atoms with van der Waals surface area (Å²) >= 11 is 12.3. The minimum atomic E-state index is 0.697. The van der Waals surface area contributed by atoms with Crippen molar-refractivity contribution in [1.29, 1.82) is 0 Å². The highest BCUT2D eigenvalue weighted by Crippen LogP contribution is 2.25. The summed E-state index contributed by atoms with van der Waals surface area (Å²) in [5.74, 6) is 0. The van der Waals surface area contributed by atoms with Crippen LogP contribution in [0.25, 0.3) is 0 Å². The van der Waals surface area contributed by atoms with Crippen LogP contribution in [-0.4, -0.2) is 11.6 Å². The Kier molecular flexibility index (Phi) is 4.11. The monoisotopic (exact) mass is 268 g/mol. The lowest BCUT2D eigenvalue weighted by atomic mass is 10.2. The third-order valence-electron chi connectivity index (χ3n) is 2.67. The SMILES string of the molecule is CNCc1cccn1Cc1c(Cl)cccc1Cl. The number of hydrogen-bond acceptors (Lipinski definition) is 1. The molecule has 1 N–H and O–H groups in total. The third-order valence-corrected chi connectivity index (χ3v) is 3.38. The van der Waals surface area contributed by atoms with Crippen molar-refractivity contribution < 1.29 is 0 Å². The molecule has 0 fully saturated rings. The third kappa shape index (κ3) is 2.83. The smallest absolute Gasteiger partial charge is 0.0503 e. The van der Waals surface area contributed by atoms with Crippen LogP contribution in [0.5, 0.6) is 0 Å². The summed E-state index contributed by atoms with van der Waals surface area (Å²) in [4.78, 5) is 0. The van der Waals surface area contributed by atoms with E-state index >= 15 is 0 Å². The van der Waals surface area contributed by atoms with Crippen LogP contribution in [0.2, 0.25) is 10.0 Å². The molecule has 2 aromatic rings. The van der Waals surface area contributed by atoms with Gasteiger partial charge in [0.25, 0.3) is 0 Å². The fourth-order valence-corrected chi connectivity index (χ4v) is 2.32. The zero-order valence-corrected chi connectivity index (χ0v) is 11.1. The molecule has 17 heavy (non-hydrogen) atoms. The van der Waals surface area contributed by atoms with Gasteiger partial charge in [0.15, 0.2) is 0 Å². The van der Waals surface area contributed by atoms with Crippen LogP contribution in [0.4, 0.5) is 0 Å². The fraction of sp³-hybridized carbons (Fsp3) is 0.231. The maximum atomic E-state index is 6.16. The minimum Gasteiger partial charge on any atom is -0.346 e. The van der Waals surface area contributed by atoms with Gasteiger partial charge in [0.05, 0.1) is 6.54 Å². The molecule has 0 aliphatic carbocycles. The maximum Gasteiger partial charge on any atom is 0.0503 e. The fourth-order valence-electron chi connectivity index (χ4n) is 1.80. The van der Waals surface area contributed by atoms with Gasteiger partial charge in [-0.05, 0) is 31.3 Å². The van der Waals surface area contributed by atoms with Crippen molar-refractivity contribution >= 4 is 23.2 Å². The first-order valence-corrected chi connectivity index (χ1v) is 6.19. The lowest BCUT2D eigenvalue weighted by Gasteiger charge is -2.11. The highest BCUT2D eigenvalue weighted by Gasteiger charge is 2.07. The molecular weight excluding hydrogens is 255 g/mol. The van der Waals surface area contributed by atoms with E-state index in [0.29, 0.717) is 16.6 Å². The Bertz CT molecular complexity index is 486. The number of halogens is 2. The number of nitrogens with zero attached hydrogens (tertiary/aromatic N) is 1. The number of rotatable bonds is 4. The Morgan fingerprint density at radius 2 is 1.82 bits per heavy atom. The molecule has 1 heterocycles. The van der Waals surface area contributed by atoms with Gasteiger partial charge in [-0.3, -0.25) is 0 Å². The van der Waals surface area contributed by atoms with Gasteiger partial charge in [-0.25, -0.2) is 0 Å². The van der Waals surface area contributed by atoms with Crippen molar-refractivity contribution in [1.82, 2.24) is 9.88 Å². The number of aromatic nitrogens is 1. The van der Waals surface area contributed by atoms with E-state index in [1.54, 1.807) is 0 Å². The largest absolute Gasteiger partial charge is 0.346 e. The quantitative estimate of drug-likeness (QED) is 0.898. The lowest BCUT2D eigenvalue weighted by Crippen LogP contribution is -2.11. The van der Waals surface area contributed by atoms with Crippen molar-refractivity contribution in [2.45, 2.75) is 13.1 Å². The number of benzene rings is 1. The zero-order chi connectivity index (χ0) is 12.3. The molecule has 1 aromatic heterocycles. The van der Waals surface area contributed by atoms with Crippen molar-refractivity contribution in [2.75, 3.05) is 7.05 Å². The maximum absolute atomic E-state index is 6.16. The van der Waals surface area contributed by atoms with E-state index in [1.807, 2.05) is 37.5 Å². The first kappa shape index (κ1) is 12.5. The van der Waals surface area contributed by atoms with E-state index in [2.05, 4.69) is 16.0 Å². The normalized spacial score (nSPS) is 10.8. The van der Waals surface area contributed by atoms with Crippen LogP contribution in [0.15, 0.2) is 36.5 Å². The van der Waals surface area contributed by atoms with E-state index in [-0.39, 0.29) is 0 Å². The second-order valence-electron chi connectivity index (χ2n) is 3.86. The van der Waals surface area contributed by atoms with Crippen molar-refractivity contribution in [3.8, 4) is 0 Å². The summed E-state index contributed by atoms with van der Waals surface area (Å²) in [5, 5.41) is 4.56. The van der Waals surface area contributed by atoms with Gasteiger partial charge in [-0.1, -0.05) is 29.3 Å². The Hall–Kier alpha value is -0.960. The molecule has 1 aromatic carbocycles. The van der Waals surface area contributed by atoms with Gasteiger partial charge in [0.1, 0.15) is 0 Å². The van der Waals surface area contributed by atoms with Crippen LogP contribution in [-0.2, 0) is 13.1 Å². The van der Waals surface area contributed by atoms with Gasteiger partial charge in [-0.15, -0.1) is 0 Å². The molecule has 0 unspecified atom stereocenters. The molecule has 0 radical (unpaired) electrons. The molecule has 4 heteroatoms. The van der Waals surface area contributed by atoms with Crippen LogP contribution in [0, 0.1) is 0 Å². The molecule has 0 amide bonds. The second-order valence-corrected chi connectivity index (χ2v) is 4.67. The average molecular weight is 269 g/mol. The van der Waals surface area contributed by atoms with E-state index in [0.717, 1.165) is 12.1 Å². The summed E-state index contributed by atoms with van der Waals surface area (Å²) in [6.07, 6.45) is 2.03. The van der Waals surface area contributed by atoms with E-state index < -0.39 is 0 Å². The highest BCUT2D eigenvalue weighted by atomic mass is 35.5. The molecule has 0 atom stereocenters. The zero-order valence-electron chi connectivity index (χ0n) is 9.58. The van der Waals surface area contributed by atoms with E-state index in [4.69, 9.17) is 23.2 Å². The summed E-state index contributed by atoms with van der Waals surface area (Å²) < 4.78 is 2.14.